The number of hydrogen-bond donors (Lipinski definition) is 0. The summed E-state index contributed by atoms with van der Waals surface area (Å²) in [6.07, 6.45) is 6.40. The molecule has 0 aromatic carbocycles. The zero-order chi connectivity index (χ0) is 8.74. The van der Waals surface area contributed by atoms with Gasteiger partial charge < -0.3 is 0 Å². The maximum absolute atomic E-state index is 2.44. The van der Waals surface area contributed by atoms with Crippen molar-refractivity contribution >= 4 is 30.7 Å². The summed E-state index contributed by atoms with van der Waals surface area (Å²) in [4.78, 5) is 0. The fourth-order valence-corrected chi connectivity index (χ4v) is 2.21. The molecule has 0 rings (SSSR count). The molecule has 0 aliphatic rings. The van der Waals surface area contributed by atoms with Crippen LogP contribution in [0.5, 0.6) is 0 Å². The Bertz CT molecular complexity index is 113. The number of hydrogen-bond acceptors (Lipinski definition) is 0. The zero-order valence-electron chi connectivity index (χ0n) is 7.86. The molecule has 0 bridgehead atoms. The summed E-state index contributed by atoms with van der Waals surface area (Å²) in [5, 5.41) is 0. The van der Waals surface area contributed by atoms with Crippen LogP contribution in [-0.4, -0.2) is 12.5 Å². The van der Waals surface area contributed by atoms with Crippen molar-refractivity contribution in [2.45, 2.75) is 38.9 Å². The highest BCUT2D eigenvalue weighted by Gasteiger charge is 2.05. The summed E-state index contributed by atoms with van der Waals surface area (Å²) >= 11 is 2.44. The van der Waals surface area contributed by atoms with Crippen molar-refractivity contribution in [3.8, 4) is 0 Å². The molecule has 11 heavy (non-hydrogen) atoms. The van der Waals surface area contributed by atoms with Crippen molar-refractivity contribution in [1.82, 2.24) is 0 Å². The van der Waals surface area contributed by atoms with Gasteiger partial charge in [0.05, 0.1) is 8.07 Å². The van der Waals surface area contributed by atoms with Gasteiger partial charge in [-0.15, -0.1) is 0 Å². The summed E-state index contributed by atoms with van der Waals surface area (Å²) in [7, 11) is -0.900. The molecule has 0 saturated heterocycles. The van der Waals surface area contributed by atoms with E-state index in [4.69, 9.17) is 0 Å². The topological polar surface area (TPSA) is 0 Å². The van der Waals surface area contributed by atoms with Gasteiger partial charge in [0.2, 0.25) is 0 Å². The van der Waals surface area contributed by atoms with Gasteiger partial charge in [-0.3, -0.25) is 0 Å². The normalized spacial score (nSPS) is 12.7. The minimum Gasteiger partial charge on any atom is -0.0989 e. The van der Waals surface area contributed by atoms with Gasteiger partial charge in [0, 0.05) is 0 Å². The van der Waals surface area contributed by atoms with Crippen molar-refractivity contribution in [2.24, 2.45) is 0 Å². The van der Waals surface area contributed by atoms with Crippen molar-refractivity contribution in [3.05, 3.63) is 11.8 Å². The summed E-state index contributed by atoms with van der Waals surface area (Å²) in [5.74, 6) is 0. The first-order valence-corrected chi connectivity index (χ1v) is 9.40. The molecule has 0 N–H and O–H groups in total. The lowest BCUT2D eigenvalue weighted by molar-refractivity contribution is 0.831. The molecule has 0 nitrogen and oxygen atoms in total. The molecule has 0 amide bonds. The van der Waals surface area contributed by atoms with Gasteiger partial charge in [-0.1, -0.05) is 54.0 Å². The zero-order valence-corrected chi connectivity index (χ0v) is 11.0. The minimum absolute atomic E-state index is 0.900. The van der Waals surface area contributed by atoms with E-state index in [1.807, 2.05) is 0 Å². The monoisotopic (exact) mass is 282 g/mol. The van der Waals surface area contributed by atoms with E-state index in [9.17, 15) is 0 Å². The SMILES string of the molecule is C[Si](C)(C)/C=C\CCCCI. The van der Waals surface area contributed by atoms with Crippen LogP contribution >= 0.6 is 22.6 Å². The highest BCUT2D eigenvalue weighted by Crippen LogP contribution is 2.05. The fourth-order valence-electron chi connectivity index (χ4n) is 0.794. The van der Waals surface area contributed by atoms with Crippen molar-refractivity contribution in [1.29, 1.82) is 0 Å². The number of alkyl halides is 1. The summed E-state index contributed by atoms with van der Waals surface area (Å²) in [6, 6.07) is 0. The molecule has 0 radical (unpaired) electrons. The quantitative estimate of drug-likeness (QED) is 0.309. The van der Waals surface area contributed by atoms with E-state index in [2.05, 4.69) is 54.0 Å². The van der Waals surface area contributed by atoms with E-state index >= 15 is 0 Å². The van der Waals surface area contributed by atoms with Crippen LogP contribution in [-0.2, 0) is 0 Å². The van der Waals surface area contributed by atoms with Crippen LogP contribution in [0.3, 0.4) is 0 Å². The molecule has 0 unspecified atom stereocenters. The first kappa shape index (κ1) is 11.7. The van der Waals surface area contributed by atoms with Crippen molar-refractivity contribution in [2.75, 3.05) is 4.43 Å². The lowest BCUT2D eigenvalue weighted by Crippen LogP contribution is -2.15. The lowest BCUT2D eigenvalue weighted by atomic mass is 10.2. The maximum Gasteiger partial charge on any atom is 0.0682 e. The molecule has 0 saturated carbocycles. The molecule has 0 aromatic rings. The summed E-state index contributed by atoms with van der Waals surface area (Å²) in [6.45, 7) is 7.13. The van der Waals surface area contributed by atoms with E-state index < -0.39 is 8.07 Å². The highest BCUT2D eigenvalue weighted by molar-refractivity contribution is 14.1. The van der Waals surface area contributed by atoms with Crippen LogP contribution in [0.25, 0.3) is 0 Å². The number of halogens is 1. The van der Waals surface area contributed by atoms with E-state index in [1.165, 1.54) is 23.7 Å². The van der Waals surface area contributed by atoms with Crippen LogP contribution in [0, 0.1) is 0 Å². The van der Waals surface area contributed by atoms with Gasteiger partial charge in [0.15, 0.2) is 0 Å². The maximum atomic E-state index is 2.44. The summed E-state index contributed by atoms with van der Waals surface area (Å²) in [5.41, 5.74) is 2.44. The largest absolute Gasteiger partial charge is 0.0989 e. The Kier molecular flexibility index (Phi) is 6.62. The van der Waals surface area contributed by atoms with Crippen molar-refractivity contribution < 1.29 is 0 Å². The Morgan fingerprint density at radius 3 is 2.27 bits per heavy atom. The Hall–Kier alpha value is 0.687. The van der Waals surface area contributed by atoms with Crippen molar-refractivity contribution in [3.63, 3.8) is 0 Å². The molecule has 66 valence electrons. The second kappa shape index (κ2) is 6.23. The molecule has 0 atom stereocenters. The van der Waals surface area contributed by atoms with Gasteiger partial charge in [0.1, 0.15) is 0 Å². The lowest BCUT2D eigenvalue weighted by Gasteiger charge is -2.07. The van der Waals surface area contributed by atoms with E-state index in [1.54, 1.807) is 0 Å². The van der Waals surface area contributed by atoms with Crippen LogP contribution < -0.4 is 0 Å². The number of rotatable bonds is 5. The molecule has 0 spiro atoms. The third kappa shape index (κ3) is 10.7. The average molecular weight is 282 g/mol. The molecular formula is C9H19ISi. The van der Waals surface area contributed by atoms with E-state index in [0.29, 0.717) is 0 Å². The molecule has 0 aliphatic carbocycles. The Labute approximate surface area is 85.6 Å². The molecule has 2 heteroatoms. The van der Waals surface area contributed by atoms with Gasteiger partial charge in [-0.05, 0) is 23.7 Å². The first-order chi connectivity index (χ1) is 5.06. The average Bonchev–Trinajstić information content (AvgIpc) is 1.85. The van der Waals surface area contributed by atoms with Gasteiger partial charge in [-0.2, -0.15) is 0 Å². The van der Waals surface area contributed by atoms with Crippen LogP contribution in [0.15, 0.2) is 11.8 Å². The number of unbranched alkanes of at least 4 members (excludes halogenated alkanes) is 2. The van der Waals surface area contributed by atoms with Gasteiger partial charge in [0.25, 0.3) is 0 Å². The molecular weight excluding hydrogens is 263 g/mol. The third-order valence-electron chi connectivity index (χ3n) is 1.37. The second-order valence-electron chi connectivity index (χ2n) is 3.95. The first-order valence-electron chi connectivity index (χ1n) is 4.30. The van der Waals surface area contributed by atoms with Gasteiger partial charge in [-0.25, -0.2) is 0 Å². The predicted octanol–water partition coefficient (Wildman–Crippen LogP) is 4.03. The fraction of sp³-hybridized carbons (Fsp3) is 0.778. The molecule has 0 heterocycles. The third-order valence-corrected chi connectivity index (χ3v) is 3.37. The summed E-state index contributed by atoms with van der Waals surface area (Å²) < 4.78 is 1.30. The Morgan fingerprint density at radius 1 is 1.18 bits per heavy atom. The Balaban J connectivity index is 3.30. The van der Waals surface area contributed by atoms with E-state index in [0.717, 1.165) is 0 Å². The van der Waals surface area contributed by atoms with Crippen LogP contribution in [0.2, 0.25) is 19.6 Å². The standard InChI is InChI=1S/C9H19ISi/c1-11(2,3)9-7-5-4-6-8-10/h7,9H,4-6,8H2,1-3H3/b9-7-. The highest BCUT2D eigenvalue weighted by atomic mass is 127. The van der Waals surface area contributed by atoms with Crippen LogP contribution in [0.4, 0.5) is 0 Å². The number of allylic oxidation sites excluding steroid dienone is 1. The van der Waals surface area contributed by atoms with Crippen LogP contribution in [0.1, 0.15) is 19.3 Å². The predicted molar refractivity (Wildman–Crippen MR) is 65.2 cm³/mol. The van der Waals surface area contributed by atoms with Gasteiger partial charge >= 0.3 is 0 Å². The van der Waals surface area contributed by atoms with E-state index in [-0.39, 0.29) is 0 Å². The second-order valence-corrected chi connectivity index (χ2v) is 10.1. The molecule has 0 aliphatic heterocycles. The smallest absolute Gasteiger partial charge is 0.0682 e. The minimum atomic E-state index is -0.900. The Morgan fingerprint density at radius 2 is 1.82 bits per heavy atom. The molecule has 0 aromatic heterocycles. The molecule has 0 fully saturated rings.